The first-order chi connectivity index (χ1) is 17.9. The SMILES string of the molecule is N#CC(=Cc1c(OCc2ccc([N+](=O)[O-])cc2)ccc2ccccc12)C(=O)Nc1cccc(C(=O)O)c1. The highest BCUT2D eigenvalue weighted by Gasteiger charge is 2.15. The number of carboxylic acid groups (broad SMARTS) is 1. The van der Waals surface area contributed by atoms with Crippen molar-refractivity contribution in [2.24, 2.45) is 0 Å². The van der Waals surface area contributed by atoms with Crippen molar-refractivity contribution < 1.29 is 24.4 Å². The van der Waals surface area contributed by atoms with Crippen LogP contribution in [0.2, 0.25) is 0 Å². The number of nitro benzene ring substituents is 1. The lowest BCUT2D eigenvalue weighted by Crippen LogP contribution is -2.14. The molecule has 4 aromatic rings. The maximum Gasteiger partial charge on any atom is 0.335 e. The molecule has 0 spiro atoms. The molecule has 37 heavy (non-hydrogen) atoms. The summed E-state index contributed by atoms with van der Waals surface area (Å²) >= 11 is 0. The average Bonchev–Trinajstić information content (AvgIpc) is 2.91. The number of nitrogens with one attached hydrogen (secondary N) is 1. The van der Waals surface area contributed by atoms with Crippen LogP contribution in [0.5, 0.6) is 5.75 Å². The first-order valence-corrected chi connectivity index (χ1v) is 11.0. The molecular formula is C28H19N3O6. The van der Waals surface area contributed by atoms with E-state index in [9.17, 15) is 30.1 Å². The van der Waals surface area contributed by atoms with Gasteiger partial charge in [0.15, 0.2) is 0 Å². The van der Waals surface area contributed by atoms with Crippen LogP contribution >= 0.6 is 0 Å². The number of hydrogen-bond donors (Lipinski definition) is 2. The van der Waals surface area contributed by atoms with Gasteiger partial charge in [0.1, 0.15) is 24.0 Å². The summed E-state index contributed by atoms with van der Waals surface area (Å²) in [5, 5.41) is 34.0. The summed E-state index contributed by atoms with van der Waals surface area (Å²) < 4.78 is 6.00. The predicted octanol–water partition coefficient (Wildman–Crippen LogP) is 5.57. The lowest BCUT2D eigenvalue weighted by molar-refractivity contribution is -0.384. The number of fused-ring (bicyclic) bond motifs is 1. The molecule has 0 unspecified atom stereocenters. The third-order valence-corrected chi connectivity index (χ3v) is 5.49. The van der Waals surface area contributed by atoms with Gasteiger partial charge in [0.05, 0.1) is 10.5 Å². The van der Waals surface area contributed by atoms with Crippen LogP contribution in [0.25, 0.3) is 16.8 Å². The number of carbonyl (C=O) groups is 2. The molecule has 0 saturated carbocycles. The molecule has 0 atom stereocenters. The molecule has 4 rings (SSSR count). The van der Waals surface area contributed by atoms with Gasteiger partial charge in [0, 0.05) is 23.4 Å². The van der Waals surface area contributed by atoms with E-state index in [1.807, 2.05) is 36.4 Å². The number of non-ortho nitro benzene ring substituents is 1. The van der Waals surface area contributed by atoms with E-state index in [0.717, 1.165) is 10.8 Å². The van der Waals surface area contributed by atoms with Gasteiger partial charge in [0.2, 0.25) is 0 Å². The van der Waals surface area contributed by atoms with Crippen molar-refractivity contribution in [3.63, 3.8) is 0 Å². The molecule has 1 amide bonds. The van der Waals surface area contributed by atoms with Crippen LogP contribution in [0.15, 0.2) is 90.5 Å². The maximum atomic E-state index is 12.9. The molecule has 9 heteroatoms. The van der Waals surface area contributed by atoms with Gasteiger partial charge in [-0.1, -0.05) is 36.4 Å². The fourth-order valence-electron chi connectivity index (χ4n) is 3.65. The lowest BCUT2D eigenvalue weighted by atomic mass is 10.0. The summed E-state index contributed by atoms with van der Waals surface area (Å²) in [5.41, 5.74) is 1.19. The van der Waals surface area contributed by atoms with Gasteiger partial charge in [0.25, 0.3) is 11.6 Å². The monoisotopic (exact) mass is 493 g/mol. The molecule has 182 valence electrons. The Kier molecular flexibility index (Phi) is 7.21. The van der Waals surface area contributed by atoms with Gasteiger partial charge >= 0.3 is 5.97 Å². The Morgan fingerprint density at radius 1 is 1.03 bits per heavy atom. The summed E-state index contributed by atoms with van der Waals surface area (Å²) in [6.07, 6.45) is 1.42. The third kappa shape index (κ3) is 5.78. The van der Waals surface area contributed by atoms with Crippen molar-refractivity contribution >= 4 is 40.1 Å². The summed E-state index contributed by atoms with van der Waals surface area (Å²) in [4.78, 5) is 34.5. The number of nitro groups is 1. The van der Waals surface area contributed by atoms with Crippen LogP contribution in [0.1, 0.15) is 21.5 Å². The van der Waals surface area contributed by atoms with Crippen LogP contribution in [-0.4, -0.2) is 21.9 Å². The number of anilines is 1. The summed E-state index contributed by atoms with van der Waals surface area (Å²) in [5.74, 6) is -1.44. The molecule has 2 N–H and O–H groups in total. The Bertz CT molecular complexity index is 1590. The molecule has 0 heterocycles. The Morgan fingerprint density at radius 3 is 2.49 bits per heavy atom. The summed E-state index contributed by atoms with van der Waals surface area (Å²) in [6.45, 7) is 0.104. The van der Waals surface area contributed by atoms with Crippen molar-refractivity contribution in [1.82, 2.24) is 0 Å². The fourth-order valence-corrected chi connectivity index (χ4v) is 3.65. The highest BCUT2D eigenvalue weighted by atomic mass is 16.6. The smallest absolute Gasteiger partial charge is 0.335 e. The molecule has 0 aliphatic heterocycles. The topological polar surface area (TPSA) is 143 Å². The fraction of sp³-hybridized carbons (Fsp3) is 0.0357. The van der Waals surface area contributed by atoms with E-state index >= 15 is 0 Å². The normalized spacial score (nSPS) is 10.9. The molecule has 0 saturated heterocycles. The van der Waals surface area contributed by atoms with E-state index in [4.69, 9.17) is 4.74 Å². The molecule has 4 aromatic carbocycles. The van der Waals surface area contributed by atoms with Crippen molar-refractivity contribution in [1.29, 1.82) is 5.26 Å². The standard InChI is InChI=1S/C28H19N3O6/c29-16-21(27(32)30-22-6-3-5-20(14-22)28(33)34)15-25-24-7-2-1-4-19(24)10-13-26(25)37-17-18-8-11-23(12-9-18)31(35)36/h1-15H,17H2,(H,30,32)(H,33,34). The van der Waals surface area contributed by atoms with E-state index < -0.39 is 16.8 Å². The second kappa shape index (κ2) is 10.8. The summed E-state index contributed by atoms with van der Waals surface area (Å²) in [7, 11) is 0. The number of amides is 1. The molecule has 0 fully saturated rings. The third-order valence-electron chi connectivity index (χ3n) is 5.49. The minimum atomic E-state index is -1.14. The molecule has 0 radical (unpaired) electrons. The number of benzene rings is 4. The van der Waals surface area contributed by atoms with Crippen LogP contribution < -0.4 is 10.1 Å². The minimum absolute atomic E-state index is 0.00345. The van der Waals surface area contributed by atoms with E-state index in [0.29, 0.717) is 16.9 Å². The molecule has 0 aliphatic rings. The van der Waals surface area contributed by atoms with Gasteiger partial charge in [-0.3, -0.25) is 14.9 Å². The van der Waals surface area contributed by atoms with Crippen LogP contribution in [0, 0.1) is 21.4 Å². The highest BCUT2D eigenvalue weighted by Crippen LogP contribution is 2.31. The number of nitriles is 1. The largest absolute Gasteiger partial charge is 0.488 e. The van der Waals surface area contributed by atoms with Crippen LogP contribution in [0.3, 0.4) is 0 Å². The maximum absolute atomic E-state index is 12.9. The highest BCUT2D eigenvalue weighted by molar-refractivity contribution is 6.11. The zero-order valence-corrected chi connectivity index (χ0v) is 19.3. The number of hydrogen-bond acceptors (Lipinski definition) is 6. The van der Waals surface area contributed by atoms with Crippen molar-refractivity contribution in [2.75, 3.05) is 5.32 Å². The molecular weight excluding hydrogens is 474 g/mol. The second-order valence-electron chi connectivity index (χ2n) is 7.92. The van der Waals surface area contributed by atoms with Gasteiger partial charge in [-0.2, -0.15) is 5.26 Å². The van der Waals surface area contributed by atoms with Crippen LogP contribution in [-0.2, 0) is 11.4 Å². The Balaban J connectivity index is 1.66. The van der Waals surface area contributed by atoms with E-state index in [1.165, 1.54) is 42.5 Å². The van der Waals surface area contributed by atoms with Gasteiger partial charge in [-0.05, 0) is 58.8 Å². The quantitative estimate of drug-likeness (QED) is 0.141. The minimum Gasteiger partial charge on any atom is -0.488 e. The first kappa shape index (κ1) is 24.6. The number of carbonyl (C=O) groups excluding carboxylic acids is 1. The molecule has 9 nitrogen and oxygen atoms in total. The second-order valence-corrected chi connectivity index (χ2v) is 7.92. The van der Waals surface area contributed by atoms with Gasteiger partial charge in [-0.25, -0.2) is 4.79 Å². The predicted molar refractivity (Wildman–Crippen MR) is 137 cm³/mol. The Labute approximate surface area is 211 Å². The van der Waals surface area contributed by atoms with E-state index in [-0.39, 0.29) is 29.1 Å². The zero-order valence-electron chi connectivity index (χ0n) is 19.3. The lowest BCUT2D eigenvalue weighted by Gasteiger charge is -2.13. The van der Waals surface area contributed by atoms with Gasteiger partial charge < -0.3 is 15.2 Å². The molecule has 0 aromatic heterocycles. The van der Waals surface area contributed by atoms with E-state index in [1.54, 1.807) is 18.2 Å². The summed E-state index contributed by atoms with van der Waals surface area (Å²) in [6, 6.07) is 24.5. The zero-order chi connectivity index (χ0) is 26.4. The Hall–Kier alpha value is -5.49. The van der Waals surface area contributed by atoms with Crippen molar-refractivity contribution in [3.8, 4) is 11.8 Å². The van der Waals surface area contributed by atoms with Crippen molar-refractivity contribution in [2.45, 2.75) is 6.61 Å². The Morgan fingerprint density at radius 2 is 1.78 bits per heavy atom. The van der Waals surface area contributed by atoms with Gasteiger partial charge in [-0.15, -0.1) is 0 Å². The number of carboxylic acids is 1. The van der Waals surface area contributed by atoms with E-state index in [2.05, 4.69) is 5.32 Å². The molecule has 0 aliphatic carbocycles. The number of aromatic carboxylic acids is 1. The molecule has 0 bridgehead atoms. The number of nitrogens with zero attached hydrogens (tertiary/aromatic N) is 2. The number of rotatable bonds is 8. The first-order valence-electron chi connectivity index (χ1n) is 11.0. The van der Waals surface area contributed by atoms with Crippen LogP contribution in [0.4, 0.5) is 11.4 Å². The average molecular weight is 493 g/mol. The number of ether oxygens (including phenoxy) is 1. The van der Waals surface area contributed by atoms with Crippen molar-refractivity contribution in [3.05, 3.63) is 117 Å².